The lowest BCUT2D eigenvalue weighted by atomic mass is 10.1. The highest BCUT2D eigenvalue weighted by Crippen LogP contribution is 2.30. The van der Waals surface area contributed by atoms with E-state index >= 15 is 0 Å². The predicted octanol–water partition coefficient (Wildman–Crippen LogP) is 4.94. The zero-order chi connectivity index (χ0) is 25.1. The number of methoxy groups -OCH3 is 1. The number of carbonyl (C=O) groups is 1. The van der Waals surface area contributed by atoms with Crippen molar-refractivity contribution in [3.05, 3.63) is 71.4 Å². The summed E-state index contributed by atoms with van der Waals surface area (Å²) in [6, 6.07) is 17.2. The number of benzene rings is 2. The Morgan fingerprint density at radius 3 is 2.56 bits per heavy atom. The summed E-state index contributed by atoms with van der Waals surface area (Å²) >= 11 is 7.57. The van der Waals surface area contributed by atoms with Gasteiger partial charge in [-0.25, -0.2) is 0 Å². The number of thioether (sulfide) groups is 1. The highest BCUT2D eigenvalue weighted by Gasteiger charge is 2.24. The molecule has 1 fully saturated rings. The number of ether oxygens (including phenoxy) is 1. The van der Waals surface area contributed by atoms with Gasteiger partial charge < -0.3 is 19.0 Å². The van der Waals surface area contributed by atoms with Crippen LogP contribution in [0.15, 0.2) is 70.4 Å². The number of rotatable bonds is 7. The maximum Gasteiger partial charge on any atom is 0.233 e. The first-order valence-corrected chi connectivity index (χ1v) is 13.0. The van der Waals surface area contributed by atoms with Crippen LogP contribution in [0.1, 0.15) is 5.56 Å². The molecule has 0 saturated carbocycles. The zero-order valence-corrected chi connectivity index (χ0v) is 21.6. The van der Waals surface area contributed by atoms with Gasteiger partial charge in [0, 0.05) is 36.9 Å². The van der Waals surface area contributed by atoms with Gasteiger partial charge in [0.2, 0.25) is 11.7 Å². The zero-order valence-electron chi connectivity index (χ0n) is 20.1. The number of carbonyl (C=O) groups excluding carboxylic acids is 1. The Kier molecular flexibility index (Phi) is 7.20. The van der Waals surface area contributed by atoms with Crippen LogP contribution < -0.4 is 9.64 Å². The number of furan rings is 1. The normalized spacial score (nSPS) is 13.8. The van der Waals surface area contributed by atoms with Crippen LogP contribution in [0.25, 0.3) is 17.3 Å². The number of amides is 1. The fourth-order valence-electron chi connectivity index (χ4n) is 4.23. The van der Waals surface area contributed by atoms with E-state index in [0.29, 0.717) is 29.8 Å². The molecule has 1 saturated heterocycles. The molecule has 3 heterocycles. The van der Waals surface area contributed by atoms with Crippen molar-refractivity contribution in [3.8, 4) is 23.0 Å². The van der Waals surface area contributed by atoms with Crippen molar-refractivity contribution in [1.29, 1.82) is 0 Å². The van der Waals surface area contributed by atoms with E-state index in [4.69, 9.17) is 20.8 Å². The Morgan fingerprint density at radius 2 is 1.86 bits per heavy atom. The molecule has 36 heavy (non-hydrogen) atoms. The van der Waals surface area contributed by atoms with E-state index in [1.807, 2.05) is 64.1 Å². The molecule has 2 aromatic heterocycles. The van der Waals surface area contributed by atoms with Crippen LogP contribution >= 0.6 is 23.4 Å². The molecule has 0 radical (unpaired) electrons. The summed E-state index contributed by atoms with van der Waals surface area (Å²) in [5.41, 5.74) is 3.16. The van der Waals surface area contributed by atoms with Gasteiger partial charge >= 0.3 is 0 Å². The summed E-state index contributed by atoms with van der Waals surface area (Å²) in [4.78, 5) is 17.3. The highest BCUT2D eigenvalue weighted by molar-refractivity contribution is 7.99. The minimum atomic E-state index is 0.0753. The van der Waals surface area contributed by atoms with Crippen LogP contribution in [0.5, 0.6) is 5.75 Å². The smallest absolute Gasteiger partial charge is 0.233 e. The van der Waals surface area contributed by atoms with Crippen LogP contribution in [0.3, 0.4) is 0 Å². The van der Waals surface area contributed by atoms with Gasteiger partial charge in [-0.1, -0.05) is 29.4 Å². The van der Waals surface area contributed by atoms with Gasteiger partial charge in [0.25, 0.3) is 0 Å². The second-order valence-corrected chi connectivity index (χ2v) is 9.78. The number of piperazine rings is 1. The molecule has 10 heteroatoms. The molecule has 0 aliphatic carbocycles. The Labute approximate surface area is 218 Å². The van der Waals surface area contributed by atoms with E-state index in [0.717, 1.165) is 35.2 Å². The lowest BCUT2D eigenvalue weighted by molar-refractivity contribution is -0.128. The second-order valence-electron chi connectivity index (χ2n) is 8.40. The molecule has 0 unspecified atom stereocenters. The molecule has 0 bridgehead atoms. The van der Waals surface area contributed by atoms with Crippen LogP contribution in [0.4, 0.5) is 5.69 Å². The van der Waals surface area contributed by atoms with E-state index in [1.165, 1.54) is 17.3 Å². The molecule has 0 N–H and O–H groups in total. The van der Waals surface area contributed by atoms with Gasteiger partial charge in [-0.2, -0.15) is 0 Å². The van der Waals surface area contributed by atoms with E-state index in [2.05, 4.69) is 22.0 Å². The number of halogens is 1. The fraction of sp³-hybridized carbons (Fsp3) is 0.269. The van der Waals surface area contributed by atoms with Crippen LogP contribution in [0.2, 0.25) is 5.02 Å². The van der Waals surface area contributed by atoms with Gasteiger partial charge in [0.1, 0.15) is 5.75 Å². The number of anilines is 1. The minimum Gasteiger partial charge on any atom is -0.497 e. The first-order chi connectivity index (χ1) is 17.5. The molecule has 1 aliphatic heterocycles. The Hall–Kier alpha value is -3.43. The maximum absolute atomic E-state index is 13.1. The van der Waals surface area contributed by atoms with Crippen molar-refractivity contribution >= 4 is 35.0 Å². The van der Waals surface area contributed by atoms with Gasteiger partial charge in [0.15, 0.2) is 10.9 Å². The highest BCUT2D eigenvalue weighted by atomic mass is 35.5. The SMILES string of the molecule is COc1ccc(-n2c(SCC(=O)N3CCN(c4cc(Cl)ccc4C)CC3)nnc2-c2ccco2)cc1. The molecule has 2 aromatic carbocycles. The van der Waals surface area contributed by atoms with E-state index < -0.39 is 0 Å². The fourth-order valence-corrected chi connectivity index (χ4v) is 5.25. The summed E-state index contributed by atoms with van der Waals surface area (Å²) in [6.07, 6.45) is 1.60. The molecule has 8 nitrogen and oxygen atoms in total. The standard InChI is InChI=1S/C26H26ClN5O3S/c1-18-5-6-19(27)16-22(18)30-11-13-31(14-12-30)24(33)17-36-26-29-28-25(23-4-3-15-35-23)32(26)20-7-9-21(34-2)10-8-20/h3-10,15-16H,11-14,17H2,1-2H3. The van der Waals surface area contributed by atoms with Crippen molar-refractivity contribution < 1.29 is 13.9 Å². The molecule has 5 rings (SSSR count). The largest absolute Gasteiger partial charge is 0.497 e. The van der Waals surface area contributed by atoms with Crippen LogP contribution in [-0.4, -0.2) is 64.6 Å². The first-order valence-electron chi connectivity index (χ1n) is 11.6. The third-order valence-electron chi connectivity index (χ3n) is 6.17. The molecular weight excluding hydrogens is 498 g/mol. The molecule has 0 atom stereocenters. The quantitative estimate of drug-likeness (QED) is 0.317. The van der Waals surface area contributed by atoms with E-state index in [9.17, 15) is 4.79 Å². The molecule has 4 aromatic rings. The average molecular weight is 524 g/mol. The summed E-state index contributed by atoms with van der Waals surface area (Å²) in [5, 5.41) is 10.1. The molecule has 0 spiro atoms. The Bertz CT molecular complexity index is 1330. The molecular formula is C26H26ClN5O3S. The lowest BCUT2D eigenvalue weighted by Crippen LogP contribution is -2.49. The number of aryl methyl sites for hydroxylation is 1. The summed E-state index contributed by atoms with van der Waals surface area (Å²) in [5.74, 6) is 2.27. The topological polar surface area (TPSA) is 76.6 Å². The monoisotopic (exact) mass is 523 g/mol. The van der Waals surface area contributed by atoms with Crippen LogP contribution in [0, 0.1) is 6.92 Å². The van der Waals surface area contributed by atoms with Crippen molar-refractivity contribution in [2.75, 3.05) is 43.9 Å². The summed E-state index contributed by atoms with van der Waals surface area (Å²) < 4.78 is 12.8. The number of hydrogen-bond donors (Lipinski definition) is 0. The second kappa shape index (κ2) is 10.7. The number of aromatic nitrogens is 3. The Balaban J connectivity index is 1.28. The van der Waals surface area contributed by atoms with Gasteiger partial charge in [-0.05, 0) is 61.0 Å². The lowest BCUT2D eigenvalue weighted by Gasteiger charge is -2.36. The van der Waals surface area contributed by atoms with Crippen LogP contribution in [-0.2, 0) is 4.79 Å². The number of nitrogens with zero attached hydrogens (tertiary/aromatic N) is 5. The predicted molar refractivity (Wildman–Crippen MR) is 141 cm³/mol. The third kappa shape index (κ3) is 5.08. The molecule has 186 valence electrons. The Morgan fingerprint density at radius 1 is 1.08 bits per heavy atom. The van der Waals surface area contributed by atoms with Gasteiger partial charge in [-0.3, -0.25) is 9.36 Å². The summed E-state index contributed by atoms with van der Waals surface area (Å²) in [7, 11) is 1.63. The number of hydrogen-bond acceptors (Lipinski definition) is 7. The molecule has 1 aliphatic rings. The maximum atomic E-state index is 13.1. The van der Waals surface area contributed by atoms with E-state index in [1.54, 1.807) is 13.4 Å². The van der Waals surface area contributed by atoms with E-state index in [-0.39, 0.29) is 11.7 Å². The first kappa shape index (κ1) is 24.3. The summed E-state index contributed by atoms with van der Waals surface area (Å²) in [6.45, 7) is 4.93. The van der Waals surface area contributed by atoms with Crippen molar-refractivity contribution in [2.45, 2.75) is 12.1 Å². The van der Waals surface area contributed by atoms with Crippen molar-refractivity contribution in [1.82, 2.24) is 19.7 Å². The average Bonchev–Trinajstić information content (AvgIpc) is 3.59. The molecule has 1 amide bonds. The van der Waals surface area contributed by atoms with Crippen molar-refractivity contribution in [3.63, 3.8) is 0 Å². The van der Waals surface area contributed by atoms with Gasteiger partial charge in [0.05, 0.1) is 24.8 Å². The minimum absolute atomic E-state index is 0.0753. The third-order valence-corrected chi connectivity index (χ3v) is 7.32. The van der Waals surface area contributed by atoms with Crippen molar-refractivity contribution in [2.24, 2.45) is 0 Å². The van der Waals surface area contributed by atoms with Gasteiger partial charge in [-0.15, -0.1) is 10.2 Å².